The van der Waals surface area contributed by atoms with Crippen LogP contribution in [0.25, 0.3) is 6.08 Å². The van der Waals surface area contributed by atoms with Crippen LogP contribution < -0.4 is 4.74 Å². The van der Waals surface area contributed by atoms with Crippen molar-refractivity contribution in [2.24, 2.45) is 0 Å². The number of carboxylic acid groups (broad SMARTS) is 1. The minimum absolute atomic E-state index is 0.116. The van der Waals surface area contributed by atoms with Crippen molar-refractivity contribution in [3.8, 4) is 5.75 Å². The maximum atomic E-state index is 12.9. The van der Waals surface area contributed by atoms with E-state index in [1.807, 2.05) is 0 Å². The van der Waals surface area contributed by atoms with Crippen LogP contribution in [0.15, 0.2) is 17.7 Å². The molecule has 0 spiro atoms. The Morgan fingerprint density at radius 3 is 2.55 bits per heavy atom. The van der Waals surface area contributed by atoms with Gasteiger partial charge in [-0.3, -0.25) is 0 Å². The monoisotopic (exact) mass is 286 g/mol. The largest absolute Gasteiger partial charge is 0.478 e. The second-order valence-corrected chi connectivity index (χ2v) is 4.64. The Morgan fingerprint density at radius 1 is 1.40 bits per heavy atom. The van der Waals surface area contributed by atoms with Gasteiger partial charge in [-0.2, -0.15) is 13.2 Å². The molecule has 20 heavy (non-hydrogen) atoms. The quantitative estimate of drug-likeness (QED) is 0.907. The van der Waals surface area contributed by atoms with Crippen molar-refractivity contribution in [2.45, 2.75) is 32.5 Å². The summed E-state index contributed by atoms with van der Waals surface area (Å²) >= 11 is 0. The maximum Gasteiger partial charge on any atom is 0.430 e. The summed E-state index contributed by atoms with van der Waals surface area (Å²) in [6.07, 6.45) is -5.64. The fourth-order valence-electron chi connectivity index (χ4n) is 2.23. The van der Waals surface area contributed by atoms with Crippen LogP contribution in [0.1, 0.15) is 23.6 Å². The number of alkyl halides is 3. The molecule has 1 heterocycles. The van der Waals surface area contributed by atoms with E-state index in [-0.39, 0.29) is 5.75 Å². The second-order valence-electron chi connectivity index (χ2n) is 4.64. The molecule has 0 saturated heterocycles. The Morgan fingerprint density at radius 2 is 2.05 bits per heavy atom. The van der Waals surface area contributed by atoms with E-state index < -0.39 is 23.8 Å². The van der Waals surface area contributed by atoms with Crippen molar-refractivity contribution in [2.75, 3.05) is 0 Å². The zero-order valence-electron chi connectivity index (χ0n) is 10.9. The van der Waals surface area contributed by atoms with Crippen LogP contribution in [0.4, 0.5) is 13.2 Å². The standard InChI is InChI=1S/C14H13F3O3/c1-3-8-4-7(2)5-9-6-10(13(18)19)12(14(15,16)17)20-11(8)9/h4-6,12H,3H2,1-2H3,(H,18,19)/t12-/m0/s1. The van der Waals surface area contributed by atoms with Gasteiger partial charge in [0.15, 0.2) is 0 Å². The number of aliphatic carboxylic acids is 1. The molecule has 3 nitrogen and oxygen atoms in total. The first-order chi connectivity index (χ1) is 9.24. The lowest BCUT2D eigenvalue weighted by atomic mass is 9.96. The molecule has 0 aliphatic carbocycles. The van der Waals surface area contributed by atoms with Gasteiger partial charge >= 0.3 is 12.1 Å². The van der Waals surface area contributed by atoms with Crippen LogP contribution in [0, 0.1) is 6.92 Å². The third-order valence-electron chi connectivity index (χ3n) is 3.09. The van der Waals surface area contributed by atoms with E-state index in [1.54, 1.807) is 26.0 Å². The van der Waals surface area contributed by atoms with Crippen molar-refractivity contribution in [3.05, 3.63) is 34.4 Å². The minimum atomic E-state index is -4.77. The van der Waals surface area contributed by atoms with Crippen molar-refractivity contribution < 1.29 is 27.8 Å². The lowest BCUT2D eigenvalue weighted by Crippen LogP contribution is -2.40. The fraction of sp³-hybridized carbons (Fsp3) is 0.357. The van der Waals surface area contributed by atoms with Crippen LogP contribution in [-0.4, -0.2) is 23.4 Å². The van der Waals surface area contributed by atoms with Crippen LogP contribution in [0.3, 0.4) is 0 Å². The van der Waals surface area contributed by atoms with E-state index >= 15 is 0 Å². The molecule has 1 atom stereocenters. The molecule has 0 unspecified atom stereocenters. The average molecular weight is 286 g/mol. The van der Waals surface area contributed by atoms with E-state index in [0.29, 0.717) is 17.5 Å². The molecular formula is C14H13F3O3. The van der Waals surface area contributed by atoms with Crippen LogP contribution in [0.5, 0.6) is 5.75 Å². The van der Waals surface area contributed by atoms with Crippen LogP contribution in [0.2, 0.25) is 0 Å². The summed E-state index contributed by atoms with van der Waals surface area (Å²) in [5.74, 6) is -1.51. The maximum absolute atomic E-state index is 12.9. The second kappa shape index (κ2) is 4.85. The lowest BCUT2D eigenvalue weighted by molar-refractivity contribution is -0.187. The zero-order valence-corrected chi connectivity index (χ0v) is 10.9. The van der Waals surface area contributed by atoms with Gasteiger partial charge in [0.2, 0.25) is 6.10 Å². The van der Waals surface area contributed by atoms with E-state index in [9.17, 15) is 18.0 Å². The van der Waals surface area contributed by atoms with Crippen LogP contribution >= 0.6 is 0 Å². The average Bonchev–Trinajstić information content (AvgIpc) is 2.34. The highest BCUT2D eigenvalue weighted by molar-refractivity contribution is 5.95. The number of fused-ring (bicyclic) bond motifs is 1. The summed E-state index contributed by atoms with van der Waals surface area (Å²) in [5, 5.41) is 8.95. The minimum Gasteiger partial charge on any atom is -0.478 e. The third kappa shape index (κ3) is 2.50. The molecule has 0 fully saturated rings. The number of hydrogen-bond donors (Lipinski definition) is 1. The number of halogens is 3. The predicted molar refractivity (Wildman–Crippen MR) is 66.6 cm³/mol. The SMILES string of the molecule is CCc1cc(C)cc2c1O[C@H](C(F)(F)F)C(C(=O)O)=C2. The van der Waals surface area contributed by atoms with E-state index in [0.717, 1.165) is 11.6 Å². The van der Waals surface area contributed by atoms with Gasteiger partial charge in [0, 0.05) is 5.56 Å². The van der Waals surface area contributed by atoms with Gasteiger partial charge < -0.3 is 9.84 Å². The van der Waals surface area contributed by atoms with Gasteiger partial charge in [-0.15, -0.1) is 0 Å². The molecule has 0 aromatic heterocycles. The highest BCUT2D eigenvalue weighted by atomic mass is 19.4. The van der Waals surface area contributed by atoms with Gasteiger partial charge in [0.25, 0.3) is 0 Å². The molecule has 0 bridgehead atoms. The first-order valence-electron chi connectivity index (χ1n) is 6.05. The van der Waals surface area contributed by atoms with Gasteiger partial charge in [-0.25, -0.2) is 4.79 Å². The van der Waals surface area contributed by atoms with E-state index in [2.05, 4.69) is 0 Å². The van der Waals surface area contributed by atoms with Crippen molar-refractivity contribution >= 4 is 12.0 Å². The smallest absolute Gasteiger partial charge is 0.430 e. The fourth-order valence-corrected chi connectivity index (χ4v) is 2.23. The first-order valence-corrected chi connectivity index (χ1v) is 6.05. The number of benzene rings is 1. The highest BCUT2D eigenvalue weighted by Gasteiger charge is 2.48. The molecule has 1 aromatic carbocycles. The van der Waals surface area contributed by atoms with E-state index in [4.69, 9.17) is 9.84 Å². The molecule has 108 valence electrons. The van der Waals surface area contributed by atoms with Crippen molar-refractivity contribution in [1.29, 1.82) is 0 Å². The molecule has 1 N–H and O–H groups in total. The summed E-state index contributed by atoms with van der Waals surface area (Å²) in [6, 6.07) is 3.36. The zero-order chi connectivity index (χ0) is 15.1. The Labute approximate surface area is 113 Å². The predicted octanol–water partition coefficient (Wildman–Crippen LogP) is 3.35. The number of rotatable bonds is 2. The molecule has 1 aromatic rings. The number of carbonyl (C=O) groups is 1. The Kier molecular flexibility index (Phi) is 3.50. The van der Waals surface area contributed by atoms with Crippen molar-refractivity contribution in [1.82, 2.24) is 0 Å². The number of hydrogen-bond acceptors (Lipinski definition) is 2. The van der Waals surface area contributed by atoms with Gasteiger partial charge in [-0.05, 0) is 36.6 Å². The summed E-state index contributed by atoms with van der Waals surface area (Å²) in [7, 11) is 0. The van der Waals surface area contributed by atoms with Crippen LogP contribution in [-0.2, 0) is 11.2 Å². The molecule has 0 radical (unpaired) electrons. The summed E-state index contributed by atoms with van der Waals surface area (Å²) in [4.78, 5) is 11.0. The molecule has 2 rings (SSSR count). The molecule has 6 heteroatoms. The molecule has 0 saturated carbocycles. The summed E-state index contributed by atoms with van der Waals surface area (Å²) < 4.78 is 43.8. The summed E-state index contributed by atoms with van der Waals surface area (Å²) in [6.45, 7) is 3.60. The Bertz CT molecular complexity index is 588. The number of ether oxygens (including phenoxy) is 1. The lowest BCUT2D eigenvalue weighted by Gasteiger charge is -2.28. The van der Waals surface area contributed by atoms with Gasteiger partial charge in [0.05, 0.1) is 5.57 Å². The molecule has 0 amide bonds. The highest BCUT2D eigenvalue weighted by Crippen LogP contribution is 2.39. The Hall–Kier alpha value is -1.98. The first kappa shape index (κ1) is 14.4. The normalized spacial score (nSPS) is 18.1. The van der Waals surface area contributed by atoms with Crippen molar-refractivity contribution in [3.63, 3.8) is 0 Å². The third-order valence-corrected chi connectivity index (χ3v) is 3.09. The van der Waals surface area contributed by atoms with Gasteiger partial charge in [-0.1, -0.05) is 13.0 Å². The summed E-state index contributed by atoms with van der Waals surface area (Å²) in [5.41, 5.74) is 1.06. The number of carboxylic acids is 1. The van der Waals surface area contributed by atoms with Gasteiger partial charge in [0.1, 0.15) is 5.75 Å². The molecular weight excluding hydrogens is 273 g/mol. The molecule has 1 aliphatic rings. The molecule has 1 aliphatic heterocycles. The Balaban J connectivity index is 2.62. The van der Waals surface area contributed by atoms with E-state index in [1.165, 1.54) is 0 Å². The number of aryl methyl sites for hydroxylation is 2. The topological polar surface area (TPSA) is 46.5 Å².